The fraction of sp³-hybridized carbons (Fsp3) is 0.600. The van der Waals surface area contributed by atoms with Gasteiger partial charge in [-0.25, -0.2) is 8.42 Å². The molecule has 7 nitrogen and oxygen atoms in total. The normalized spacial score (nSPS) is 26.9. The van der Waals surface area contributed by atoms with Gasteiger partial charge in [0.05, 0.1) is 4.92 Å². The molecule has 3 unspecified atom stereocenters. The van der Waals surface area contributed by atoms with Gasteiger partial charge in [-0.15, -0.1) is 12.4 Å². The molecule has 2 aliphatic rings. The van der Waals surface area contributed by atoms with Crippen molar-refractivity contribution in [3.63, 3.8) is 0 Å². The summed E-state index contributed by atoms with van der Waals surface area (Å²) in [6, 6.07) is 2.77. The van der Waals surface area contributed by atoms with Crippen molar-refractivity contribution in [2.45, 2.75) is 37.6 Å². The molecule has 2 fully saturated rings. The molecule has 9 heteroatoms. The highest BCUT2D eigenvalue weighted by Gasteiger charge is 2.46. The molecule has 0 amide bonds. The van der Waals surface area contributed by atoms with Crippen LogP contribution in [0.3, 0.4) is 0 Å². The number of hydrogen-bond donors (Lipinski definition) is 1. The average molecular weight is 376 g/mol. The lowest BCUT2D eigenvalue weighted by Crippen LogP contribution is -2.33. The van der Waals surface area contributed by atoms with Crippen molar-refractivity contribution in [3.05, 3.63) is 33.4 Å². The molecule has 1 saturated carbocycles. The molecule has 1 aliphatic carbocycles. The summed E-state index contributed by atoms with van der Waals surface area (Å²) in [5, 5.41) is 11.3. The van der Waals surface area contributed by atoms with Gasteiger partial charge in [-0.1, -0.05) is 0 Å². The van der Waals surface area contributed by atoms with Crippen LogP contribution in [0, 0.1) is 35.8 Å². The van der Waals surface area contributed by atoms with Gasteiger partial charge in [0.15, 0.2) is 4.90 Å². The van der Waals surface area contributed by atoms with Crippen molar-refractivity contribution in [1.82, 2.24) is 4.31 Å². The van der Waals surface area contributed by atoms with E-state index >= 15 is 0 Å². The first-order chi connectivity index (χ1) is 10.7. The summed E-state index contributed by atoms with van der Waals surface area (Å²) in [6.45, 7) is 4.26. The minimum Gasteiger partial charge on any atom is -0.327 e. The Morgan fingerprint density at radius 1 is 1.21 bits per heavy atom. The minimum absolute atomic E-state index is 0. The summed E-state index contributed by atoms with van der Waals surface area (Å²) in [5.41, 5.74) is 7.14. The average Bonchev–Trinajstić information content (AvgIpc) is 3.04. The molecule has 24 heavy (non-hydrogen) atoms. The minimum atomic E-state index is -3.88. The third-order valence-corrected chi connectivity index (χ3v) is 7.13. The Kier molecular flexibility index (Phi) is 5.25. The highest BCUT2D eigenvalue weighted by Crippen LogP contribution is 2.40. The van der Waals surface area contributed by atoms with E-state index in [2.05, 4.69) is 0 Å². The predicted molar refractivity (Wildman–Crippen MR) is 92.8 cm³/mol. The van der Waals surface area contributed by atoms with E-state index in [4.69, 9.17) is 5.73 Å². The summed E-state index contributed by atoms with van der Waals surface area (Å²) in [7, 11) is -3.88. The molecule has 0 bridgehead atoms. The lowest BCUT2D eigenvalue weighted by Gasteiger charge is -2.19. The predicted octanol–water partition coefficient (Wildman–Crippen LogP) is 1.99. The second-order valence-electron chi connectivity index (χ2n) is 6.65. The Morgan fingerprint density at radius 2 is 1.83 bits per heavy atom. The molecule has 0 spiro atoms. The second kappa shape index (κ2) is 6.59. The van der Waals surface area contributed by atoms with Crippen LogP contribution in [-0.4, -0.2) is 36.8 Å². The molecule has 1 aromatic rings. The van der Waals surface area contributed by atoms with Crippen molar-refractivity contribution >= 4 is 28.1 Å². The van der Waals surface area contributed by atoms with Gasteiger partial charge < -0.3 is 5.73 Å². The van der Waals surface area contributed by atoms with Crippen molar-refractivity contribution in [3.8, 4) is 0 Å². The van der Waals surface area contributed by atoms with E-state index in [0.717, 1.165) is 18.4 Å². The molecule has 3 atom stereocenters. The number of halogens is 1. The molecule has 134 valence electrons. The fourth-order valence-electron chi connectivity index (χ4n) is 3.73. The molecule has 1 heterocycles. The Morgan fingerprint density at radius 3 is 2.42 bits per heavy atom. The van der Waals surface area contributed by atoms with Crippen molar-refractivity contribution < 1.29 is 13.3 Å². The number of fused-ring (bicyclic) bond motifs is 1. The third-order valence-electron chi connectivity index (χ3n) is 5.27. The van der Waals surface area contributed by atoms with Gasteiger partial charge in [-0.2, -0.15) is 4.31 Å². The van der Waals surface area contributed by atoms with E-state index in [1.807, 2.05) is 0 Å². The van der Waals surface area contributed by atoms with Crippen LogP contribution in [-0.2, 0) is 10.0 Å². The van der Waals surface area contributed by atoms with Crippen molar-refractivity contribution in [2.75, 3.05) is 13.1 Å². The van der Waals surface area contributed by atoms with Crippen LogP contribution in [0.5, 0.6) is 0 Å². The number of hydrogen-bond acceptors (Lipinski definition) is 5. The lowest BCUT2D eigenvalue weighted by atomic mass is 9.98. The highest BCUT2D eigenvalue weighted by atomic mass is 35.5. The highest BCUT2D eigenvalue weighted by molar-refractivity contribution is 7.89. The second-order valence-corrected chi connectivity index (χ2v) is 8.55. The number of sulfonamides is 1. The van der Waals surface area contributed by atoms with E-state index in [1.54, 1.807) is 13.8 Å². The number of benzene rings is 1. The maximum Gasteiger partial charge on any atom is 0.289 e. The van der Waals surface area contributed by atoms with E-state index in [9.17, 15) is 18.5 Å². The number of nitro groups is 1. The van der Waals surface area contributed by atoms with Crippen LogP contribution in [0.4, 0.5) is 5.69 Å². The van der Waals surface area contributed by atoms with Gasteiger partial charge in [0.2, 0.25) is 10.0 Å². The summed E-state index contributed by atoms with van der Waals surface area (Å²) in [6.07, 6.45) is 1.85. The van der Waals surface area contributed by atoms with E-state index in [0.29, 0.717) is 18.7 Å². The molecule has 2 N–H and O–H groups in total. The zero-order valence-corrected chi connectivity index (χ0v) is 15.3. The maximum absolute atomic E-state index is 12.9. The van der Waals surface area contributed by atoms with Crippen LogP contribution in [0.2, 0.25) is 0 Å². The number of nitrogens with two attached hydrogens (primary N) is 1. The summed E-state index contributed by atoms with van der Waals surface area (Å²) in [5.74, 6) is 0.431. The zero-order chi connectivity index (χ0) is 16.9. The first kappa shape index (κ1) is 19.1. The Bertz CT molecular complexity index is 768. The number of nitrogens with zero attached hydrogens (tertiary/aromatic N) is 2. The number of rotatable bonds is 3. The quantitative estimate of drug-likeness (QED) is 0.642. The monoisotopic (exact) mass is 375 g/mol. The summed E-state index contributed by atoms with van der Waals surface area (Å²) in [4.78, 5) is 10.5. The van der Waals surface area contributed by atoms with E-state index in [-0.39, 0.29) is 40.9 Å². The number of aryl methyl sites for hydroxylation is 2. The van der Waals surface area contributed by atoms with E-state index < -0.39 is 14.9 Å². The van der Waals surface area contributed by atoms with Crippen molar-refractivity contribution in [1.29, 1.82) is 0 Å². The number of nitro benzene ring substituents is 1. The van der Waals surface area contributed by atoms with E-state index in [1.165, 1.54) is 16.4 Å². The lowest BCUT2D eigenvalue weighted by molar-refractivity contribution is -0.387. The van der Waals surface area contributed by atoms with Gasteiger partial charge in [0, 0.05) is 25.2 Å². The standard InChI is InChI=1S/C15H21N3O4S.ClH/c1-9-5-14(18(19)20)15(6-10(9)2)23(21,22)17-7-11-3-4-13(16)12(11)8-17;/h5-6,11-13H,3-4,7-8,16H2,1-2H3;1H. The molecule has 1 aromatic carbocycles. The molecule has 1 saturated heterocycles. The van der Waals surface area contributed by atoms with Gasteiger partial charge in [-0.05, 0) is 55.7 Å². The van der Waals surface area contributed by atoms with Crippen LogP contribution < -0.4 is 5.73 Å². The summed E-state index contributed by atoms with van der Waals surface area (Å²) >= 11 is 0. The Hall–Kier alpha value is -1.22. The van der Waals surface area contributed by atoms with Crippen LogP contribution >= 0.6 is 12.4 Å². The SMILES string of the molecule is Cc1cc([N+](=O)[O-])c(S(=O)(=O)N2CC3CCC(N)C3C2)cc1C.Cl. The topological polar surface area (TPSA) is 107 Å². The molecular formula is C15H22ClN3O4S. The third kappa shape index (κ3) is 3.03. The van der Waals surface area contributed by atoms with Crippen LogP contribution in [0.25, 0.3) is 0 Å². The first-order valence-corrected chi connectivity index (χ1v) is 9.17. The zero-order valence-electron chi connectivity index (χ0n) is 13.6. The van der Waals surface area contributed by atoms with Crippen LogP contribution in [0.1, 0.15) is 24.0 Å². The summed E-state index contributed by atoms with van der Waals surface area (Å²) < 4.78 is 27.3. The van der Waals surface area contributed by atoms with Gasteiger partial charge in [-0.3, -0.25) is 10.1 Å². The first-order valence-electron chi connectivity index (χ1n) is 7.73. The van der Waals surface area contributed by atoms with Crippen molar-refractivity contribution in [2.24, 2.45) is 17.6 Å². The van der Waals surface area contributed by atoms with Gasteiger partial charge in [0.25, 0.3) is 5.69 Å². The molecule has 3 rings (SSSR count). The fourth-order valence-corrected chi connectivity index (χ4v) is 5.48. The van der Waals surface area contributed by atoms with Gasteiger partial charge >= 0.3 is 0 Å². The van der Waals surface area contributed by atoms with Gasteiger partial charge in [0.1, 0.15) is 0 Å². The molecule has 0 radical (unpaired) electrons. The Balaban J connectivity index is 0.00000208. The Labute approximate surface area is 147 Å². The molecule has 1 aliphatic heterocycles. The molecular weight excluding hydrogens is 354 g/mol. The smallest absolute Gasteiger partial charge is 0.289 e. The maximum atomic E-state index is 12.9. The van der Waals surface area contributed by atoms with Crippen LogP contribution in [0.15, 0.2) is 17.0 Å². The largest absolute Gasteiger partial charge is 0.327 e. The molecule has 0 aromatic heterocycles.